The van der Waals surface area contributed by atoms with Crippen molar-refractivity contribution in [1.82, 2.24) is 4.90 Å². The second-order valence-corrected chi connectivity index (χ2v) is 8.04. The summed E-state index contributed by atoms with van der Waals surface area (Å²) in [6.45, 7) is 3.43. The van der Waals surface area contributed by atoms with Gasteiger partial charge in [0, 0.05) is 31.4 Å². The zero-order valence-electron chi connectivity index (χ0n) is 16.9. The van der Waals surface area contributed by atoms with E-state index in [4.69, 9.17) is 16.3 Å². The molecule has 2 N–H and O–H groups in total. The van der Waals surface area contributed by atoms with Gasteiger partial charge >= 0.3 is 6.03 Å². The van der Waals surface area contributed by atoms with Crippen LogP contribution in [0.3, 0.4) is 0 Å². The van der Waals surface area contributed by atoms with E-state index in [0.717, 1.165) is 25.9 Å². The van der Waals surface area contributed by atoms with E-state index in [-0.39, 0.29) is 12.0 Å². The van der Waals surface area contributed by atoms with Crippen molar-refractivity contribution in [3.63, 3.8) is 0 Å². The molecule has 3 amide bonds. The van der Waals surface area contributed by atoms with Gasteiger partial charge in [0.15, 0.2) is 0 Å². The molecule has 0 atom stereocenters. The Labute approximate surface area is 186 Å². The summed E-state index contributed by atoms with van der Waals surface area (Å²) >= 11 is 10.6. The SMILES string of the molecule is CC(=O)Nc1ccc(N(S)C(=O)Nc2ccc(OC3CCN(C)CC3)c(Cl)c2)cc1. The topological polar surface area (TPSA) is 73.9 Å². The van der Waals surface area contributed by atoms with Crippen LogP contribution in [0.5, 0.6) is 5.75 Å². The summed E-state index contributed by atoms with van der Waals surface area (Å²) < 4.78 is 7.20. The number of rotatable bonds is 5. The molecule has 0 spiro atoms. The van der Waals surface area contributed by atoms with Crippen LogP contribution in [-0.4, -0.2) is 43.1 Å². The largest absolute Gasteiger partial charge is 0.489 e. The number of hydrogen-bond acceptors (Lipinski definition) is 5. The van der Waals surface area contributed by atoms with E-state index in [1.165, 1.54) is 11.2 Å². The van der Waals surface area contributed by atoms with Crippen LogP contribution in [0.15, 0.2) is 42.5 Å². The van der Waals surface area contributed by atoms with Crippen LogP contribution in [0.25, 0.3) is 0 Å². The third kappa shape index (κ3) is 6.04. The maximum absolute atomic E-state index is 12.5. The molecule has 30 heavy (non-hydrogen) atoms. The van der Waals surface area contributed by atoms with E-state index in [9.17, 15) is 9.59 Å². The Morgan fingerprint density at radius 2 is 1.73 bits per heavy atom. The van der Waals surface area contributed by atoms with Gasteiger partial charge in [-0.25, -0.2) is 9.10 Å². The highest BCUT2D eigenvalue weighted by Gasteiger charge is 2.19. The second kappa shape index (κ2) is 10.1. The van der Waals surface area contributed by atoms with E-state index in [1.54, 1.807) is 42.5 Å². The fourth-order valence-corrected chi connectivity index (χ4v) is 3.55. The normalized spacial score (nSPS) is 14.8. The average Bonchev–Trinajstić information content (AvgIpc) is 2.71. The number of ether oxygens (including phenoxy) is 1. The van der Waals surface area contributed by atoms with Crippen molar-refractivity contribution in [3.05, 3.63) is 47.5 Å². The molecule has 0 radical (unpaired) electrons. The number of benzene rings is 2. The summed E-state index contributed by atoms with van der Waals surface area (Å²) in [4.78, 5) is 25.9. The lowest BCUT2D eigenvalue weighted by atomic mass is 10.1. The van der Waals surface area contributed by atoms with Gasteiger partial charge in [-0.3, -0.25) is 4.79 Å². The monoisotopic (exact) mass is 448 g/mol. The minimum absolute atomic E-state index is 0.146. The molecule has 1 heterocycles. The fourth-order valence-electron chi connectivity index (χ4n) is 3.14. The van der Waals surface area contributed by atoms with Gasteiger partial charge in [0.25, 0.3) is 0 Å². The molecule has 160 valence electrons. The zero-order chi connectivity index (χ0) is 21.7. The molecule has 0 unspecified atom stereocenters. The number of nitrogens with zero attached hydrogens (tertiary/aromatic N) is 2. The van der Waals surface area contributed by atoms with E-state index < -0.39 is 6.03 Å². The van der Waals surface area contributed by atoms with Gasteiger partial charge in [-0.1, -0.05) is 24.4 Å². The summed E-state index contributed by atoms with van der Waals surface area (Å²) in [5, 5.41) is 5.87. The number of carbonyl (C=O) groups excluding carboxylic acids is 2. The van der Waals surface area contributed by atoms with Crippen LogP contribution in [0, 0.1) is 0 Å². The molecule has 1 aliphatic rings. The number of likely N-dealkylation sites (tertiary alicyclic amines) is 1. The molecule has 0 bridgehead atoms. The van der Waals surface area contributed by atoms with E-state index >= 15 is 0 Å². The number of carbonyl (C=O) groups is 2. The average molecular weight is 449 g/mol. The molecule has 0 aliphatic carbocycles. The van der Waals surface area contributed by atoms with Crippen LogP contribution in [0.4, 0.5) is 21.9 Å². The summed E-state index contributed by atoms with van der Waals surface area (Å²) in [6.07, 6.45) is 2.06. The summed E-state index contributed by atoms with van der Waals surface area (Å²) in [5.41, 5.74) is 1.73. The minimum atomic E-state index is -0.439. The molecule has 2 aromatic carbocycles. The lowest BCUT2D eigenvalue weighted by Crippen LogP contribution is -2.35. The van der Waals surface area contributed by atoms with Gasteiger partial charge in [-0.05, 0) is 62.4 Å². The Bertz CT molecular complexity index is 902. The standard InChI is InChI=1S/C21H25ClN4O3S/c1-14(27)23-15-3-6-17(7-4-15)26(30)21(28)24-16-5-8-20(19(22)13-16)29-18-9-11-25(2)12-10-18/h3-8,13,18,30H,9-12H2,1-2H3,(H,23,27)(H,24,28). The summed E-state index contributed by atoms with van der Waals surface area (Å²) in [7, 11) is 2.10. The first-order valence-electron chi connectivity index (χ1n) is 9.64. The van der Waals surface area contributed by atoms with Crippen molar-refractivity contribution in [1.29, 1.82) is 0 Å². The lowest BCUT2D eigenvalue weighted by Gasteiger charge is -2.29. The molecule has 2 aromatic rings. The molecule has 1 saturated heterocycles. The Balaban J connectivity index is 1.59. The number of amides is 3. The molecule has 0 saturated carbocycles. The smallest absolute Gasteiger partial charge is 0.336 e. The Kier molecular flexibility index (Phi) is 7.47. The quantitative estimate of drug-likeness (QED) is 0.582. The molecule has 0 aromatic heterocycles. The first-order valence-corrected chi connectivity index (χ1v) is 10.4. The van der Waals surface area contributed by atoms with Crippen LogP contribution < -0.4 is 19.7 Å². The van der Waals surface area contributed by atoms with Crippen LogP contribution in [0.2, 0.25) is 5.02 Å². The van der Waals surface area contributed by atoms with Gasteiger partial charge in [-0.2, -0.15) is 0 Å². The number of thiol groups is 1. The summed E-state index contributed by atoms with van der Waals surface area (Å²) in [6, 6.07) is 11.5. The maximum atomic E-state index is 12.5. The van der Waals surface area contributed by atoms with Crippen molar-refractivity contribution < 1.29 is 14.3 Å². The van der Waals surface area contributed by atoms with Crippen molar-refractivity contribution in [2.45, 2.75) is 25.9 Å². The molecular formula is C21H25ClN4O3S. The van der Waals surface area contributed by atoms with Crippen molar-refractivity contribution >= 4 is 53.4 Å². The predicted octanol–water partition coefficient (Wildman–Crippen LogP) is 4.65. The van der Waals surface area contributed by atoms with Crippen LogP contribution >= 0.6 is 24.4 Å². The highest BCUT2D eigenvalue weighted by Crippen LogP contribution is 2.30. The number of nitrogens with one attached hydrogen (secondary N) is 2. The third-order valence-corrected chi connectivity index (χ3v) is 5.47. The first-order chi connectivity index (χ1) is 14.3. The molecular weight excluding hydrogens is 424 g/mol. The van der Waals surface area contributed by atoms with Gasteiger partial charge in [-0.15, -0.1) is 0 Å². The highest BCUT2D eigenvalue weighted by atomic mass is 35.5. The maximum Gasteiger partial charge on any atom is 0.336 e. The number of urea groups is 1. The number of hydrogen-bond donors (Lipinski definition) is 3. The van der Waals surface area contributed by atoms with Gasteiger partial charge in [0.1, 0.15) is 11.9 Å². The van der Waals surface area contributed by atoms with E-state index in [1.807, 2.05) is 0 Å². The molecule has 3 rings (SSSR count). The molecule has 9 heteroatoms. The van der Waals surface area contributed by atoms with Gasteiger partial charge in [0.2, 0.25) is 5.91 Å². The fraction of sp³-hybridized carbons (Fsp3) is 0.333. The highest BCUT2D eigenvalue weighted by molar-refractivity contribution is 7.82. The number of halogens is 1. The Morgan fingerprint density at radius 3 is 2.33 bits per heavy atom. The Morgan fingerprint density at radius 1 is 1.10 bits per heavy atom. The van der Waals surface area contributed by atoms with Gasteiger partial charge < -0.3 is 20.3 Å². The molecule has 1 aliphatic heterocycles. The molecule has 7 nitrogen and oxygen atoms in total. The zero-order valence-corrected chi connectivity index (χ0v) is 18.5. The van der Waals surface area contributed by atoms with Gasteiger partial charge in [0.05, 0.1) is 10.7 Å². The predicted molar refractivity (Wildman–Crippen MR) is 124 cm³/mol. The van der Waals surface area contributed by atoms with E-state index in [0.29, 0.717) is 27.8 Å². The Hall–Kier alpha value is -2.42. The lowest BCUT2D eigenvalue weighted by molar-refractivity contribution is -0.114. The van der Waals surface area contributed by atoms with Crippen molar-refractivity contribution in [2.75, 3.05) is 35.1 Å². The first kappa shape index (κ1) is 22.3. The van der Waals surface area contributed by atoms with Crippen molar-refractivity contribution in [2.24, 2.45) is 0 Å². The molecule has 1 fully saturated rings. The summed E-state index contributed by atoms with van der Waals surface area (Å²) in [5.74, 6) is 0.448. The number of anilines is 3. The number of piperidine rings is 1. The minimum Gasteiger partial charge on any atom is -0.489 e. The second-order valence-electron chi connectivity index (χ2n) is 7.24. The third-order valence-electron chi connectivity index (χ3n) is 4.77. The van der Waals surface area contributed by atoms with Crippen LogP contribution in [0.1, 0.15) is 19.8 Å². The van der Waals surface area contributed by atoms with Crippen LogP contribution in [-0.2, 0) is 4.79 Å². The van der Waals surface area contributed by atoms with Crippen molar-refractivity contribution in [3.8, 4) is 5.75 Å². The van der Waals surface area contributed by atoms with E-state index in [2.05, 4.69) is 35.4 Å².